The Hall–Kier alpha value is -3.98. The first-order chi connectivity index (χ1) is 15.8. The van der Waals surface area contributed by atoms with Gasteiger partial charge in [-0.3, -0.25) is 9.78 Å². The Labute approximate surface area is 186 Å². The quantitative estimate of drug-likeness (QED) is 0.306. The summed E-state index contributed by atoms with van der Waals surface area (Å²) in [5, 5.41) is 11.9. The van der Waals surface area contributed by atoms with Crippen LogP contribution in [0.4, 0.5) is 5.69 Å². The number of carbonyl (C=O) groups is 1. The van der Waals surface area contributed by atoms with Gasteiger partial charge in [-0.15, -0.1) is 0 Å². The maximum Gasteiger partial charge on any atom is 0.224 e. The van der Waals surface area contributed by atoms with Crippen LogP contribution < -0.4 is 5.32 Å². The van der Waals surface area contributed by atoms with Gasteiger partial charge >= 0.3 is 0 Å². The second-order valence-electron chi connectivity index (χ2n) is 8.36. The molecule has 1 N–H and O–H groups in total. The van der Waals surface area contributed by atoms with E-state index < -0.39 is 0 Å². The largest absolute Gasteiger partial charge is 0.324 e. The maximum atomic E-state index is 12.6. The summed E-state index contributed by atoms with van der Waals surface area (Å²) in [6.07, 6.45) is 3.90. The fraction of sp³-hybridized carbons (Fsp3) is 0.103. The summed E-state index contributed by atoms with van der Waals surface area (Å²) in [6, 6.07) is 29.6. The first-order valence-corrected chi connectivity index (χ1v) is 11.1. The molecule has 1 amide bonds. The molecule has 0 saturated carbocycles. The highest BCUT2D eigenvalue weighted by atomic mass is 16.1. The van der Waals surface area contributed by atoms with E-state index >= 15 is 0 Å². The summed E-state index contributed by atoms with van der Waals surface area (Å²) in [7, 11) is 0. The maximum absolute atomic E-state index is 12.6. The number of para-hydroxylation sites is 1. The summed E-state index contributed by atoms with van der Waals surface area (Å²) in [5.41, 5.74) is 2.90. The van der Waals surface area contributed by atoms with E-state index in [0.717, 1.165) is 29.4 Å². The normalized spacial score (nSPS) is 11.6. The Kier molecular flexibility index (Phi) is 4.46. The van der Waals surface area contributed by atoms with Gasteiger partial charge in [-0.1, -0.05) is 72.8 Å². The molecule has 1 heterocycles. The molecule has 6 aromatic rings. The third kappa shape index (κ3) is 3.14. The lowest BCUT2D eigenvalue weighted by Crippen LogP contribution is -2.12. The van der Waals surface area contributed by atoms with Gasteiger partial charge in [0.25, 0.3) is 0 Å². The van der Waals surface area contributed by atoms with Crippen LogP contribution in [0.15, 0.2) is 91.1 Å². The van der Waals surface area contributed by atoms with Crippen LogP contribution in [0.3, 0.4) is 0 Å². The van der Waals surface area contributed by atoms with E-state index in [0.29, 0.717) is 6.42 Å². The Bertz CT molecular complexity index is 1580. The van der Waals surface area contributed by atoms with E-state index in [-0.39, 0.29) is 5.91 Å². The molecule has 0 aliphatic heterocycles. The van der Waals surface area contributed by atoms with Crippen molar-refractivity contribution in [3.05, 3.63) is 96.7 Å². The zero-order valence-electron chi connectivity index (χ0n) is 17.6. The van der Waals surface area contributed by atoms with Crippen LogP contribution in [-0.2, 0) is 11.2 Å². The minimum absolute atomic E-state index is 0.0286. The Morgan fingerprint density at radius 2 is 1.41 bits per heavy atom. The molecule has 0 aliphatic rings. The topological polar surface area (TPSA) is 42.0 Å². The molecular weight excluding hydrogens is 392 g/mol. The lowest BCUT2D eigenvalue weighted by molar-refractivity contribution is -0.116. The molecule has 1 aromatic heterocycles. The number of aromatic nitrogens is 1. The number of nitrogens with zero attached hydrogens (tertiary/aromatic N) is 1. The summed E-state index contributed by atoms with van der Waals surface area (Å²) in [6.45, 7) is 0. The summed E-state index contributed by atoms with van der Waals surface area (Å²) in [4.78, 5) is 17.1. The third-order valence-corrected chi connectivity index (χ3v) is 6.38. The van der Waals surface area contributed by atoms with Gasteiger partial charge in [0.05, 0.1) is 11.2 Å². The molecule has 3 heteroatoms. The van der Waals surface area contributed by atoms with Crippen LogP contribution in [0.5, 0.6) is 0 Å². The molecular formula is C29H22N2O. The van der Waals surface area contributed by atoms with Crippen molar-refractivity contribution in [2.75, 3.05) is 5.32 Å². The van der Waals surface area contributed by atoms with Gasteiger partial charge < -0.3 is 5.32 Å². The van der Waals surface area contributed by atoms with E-state index in [1.165, 1.54) is 37.9 Å². The van der Waals surface area contributed by atoms with Crippen LogP contribution in [0.1, 0.15) is 18.4 Å². The minimum Gasteiger partial charge on any atom is -0.324 e. The zero-order chi connectivity index (χ0) is 21.5. The van der Waals surface area contributed by atoms with Gasteiger partial charge in [-0.2, -0.15) is 0 Å². The van der Waals surface area contributed by atoms with Gasteiger partial charge in [0.1, 0.15) is 0 Å². The van der Waals surface area contributed by atoms with Crippen LogP contribution in [-0.4, -0.2) is 10.9 Å². The Balaban J connectivity index is 1.23. The van der Waals surface area contributed by atoms with Gasteiger partial charge in [-0.25, -0.2) is 0 Å². The molecule has 0 aliphatic carbocycles. The highest BCUT2D eigenvalue weighted by Crippen LogP contribution is 2.36. The van der Waals surface area contributed by atoms with Crippen LogP contribution in [0, 0.1) is 0 Å². The smallest absolute Gasteiger partial charge is 0.224 e. The first kappa shape index (κ1) is 18.8. The zero-order valence-corrected chi connectivity index (χ0v) is 17.6. The number of benzene rings is 5. The van der Waals surface area contributed by atoms with E-state index in [1.54, 1.807) is 6.20 Å². The number of carbonyl (C=O) groups excluding carboxylic acids is 1. The van der Waals surface area contributed by atoms with E-state index in [4.69, 9.17) is 0 Å². The fourth-order valence-electron chi connectivity index (χ4n) is 4.87. The predicted octanol–water partition coefficient (Wildman–Crippen LogP) is 7.09. The second-order valence-corrected chi connectivity index (χ2v) is 8.36. The van der Waals surface area contributed by atoms with Crippen LogP contribution in [0.2, 0.25) is 0 Å². The number of anilines is 1. The van der Waals surface area contributed by atoms with Crippen molar-refractivity contribution >= 4 is 54.8 Å². The summed E-state index contributed by atoms with van der Waals surface area (Å²) in [5.74, 6) is 0.0286. The molecule has 32 heavy (non-hydrogen) atoms. The van der Waals surface area contributed by atoms with Crippen molar-refractivity contribution < 1.29 is 4.79 Å². The Morgan fingerprint density at radius 1 is 0.719 bits per heavy atom. The molecule has 0 bridgehead atoms. The van der Waals surface area contributed by atoms with E-state index in [9.17, 15) is 4.79 Å². The second kappa shape index (κ2) is 7.61. The van der Waals surface area contributed by atoms with Crippen molar-refractivity contribution in [1.82, 2.24) is 4.98 Å². The highest BCUT2D eigenvalue weighted by Gasteiger charge is 2.12. The number of amides is 1. The molecule has 0 saturated heterocycles. The number of hydrogen-bond donors (Lipinski definition) is 1. The molecule has 154 valence electrons. The molecule has 5 aromatic carbocycles. The third-order valence-electron chi connectivity index (χ3n) is 6.38. The van der Waals surface area contributed by atoms with Gasteiger partial charge in [0.2, 0.25) is 5.91 Å². The van der Waals surface area contributed by atoms with Crippen molar-refractivity contribution in [2.24, 2.45) is 0 Å². The molecule has 0 radical (unpaired) electrons. The number of rotatable bonds is 5. The van der Waals surface area contributed by atoms with Crippen LogP contribution >= 0.6 is 0 Å². The summed E-state index contributed by atoms with van der Waals surface area (Å²) >= 11 is 0. The molecule has 0 unspecified atom stereocenters. The van der Waals surface area contributed by atoms with Crippen LogP contribution in [0.25, 0.3) is 43.2 Å². The lowest BCUT2D eigenvalue weighted by Gasteiger charge is -2.14. The molecule has 0 spiro atoms. The highest BCUT2D eigenvalue weighted by molar-refractivity contribution is 6.23. The van der Waals surface area contributed by atoms with Crippen molar-refractivity contribution in [3.63, 3.8) is 0 Å². The minimum atomic E-state index is 0.0286. The van der Waals surface area contributed by atoms with E-state index in [1.807, 2.05) is 30.3 Å². The van der Waals surface area contributed by atoms with Crippen molar-refractivity contribution in [3.8, 4) is 0 Å². The van der Waals surface area contributed by atoms with Crippen molar-refractivity contribution in [2.45, 2.75) is 19.3 Å². The number of pyridine rings is 1. The number of hydrogen-bond acceptors (Lipinski definition) is 2. The number of aryl methyl sites for hydroxylation is 1. The van der Waals surface area contributed by atoms with Gasteiger partial charge in [0, 0.05) is 18.0 Å². The van der Waals surface area contributed by atoms with Gasteiger partial charge in [-0.05, 0) is 62.9 Å². The van der Waals surface area contributed by atoms with Gasteiger partial charge in [0.15, 0.2) is 0 Å². The summed E-state index contributed by atoms with van der Waals surface area (Å²) < 4.78 is 0. The average Bonchev–Trinajstić information content (AvgIpc) is 2.83. The van der Waals surface area contributed by atoms with Crippen molar-refractivity contribution in [1.29, 1.82) is 0 Å². The Morgan fingerprint density at radius 3 is 2.28 bits per heavy atom. The molecule has 3 nitrogen and oxygen atoms in total. The predicted molar refractivity (Wildman–Crippen MR) is 133 cm³/mol. The number of fused-ring (bicyclic) bond motifs is 1. The SMILES string of the molecule is O=C(CCCc1ccc2ccc3cccc4ccc1c2c34)Nc1cccc2cccnc12. The molecule has 0 atom stereocenters. The fourth-order valence-corrected chi connectivity index (χ4v) is 4.87. The van der Waals surface area contributed by atoms with E-state index in [2.05, 4.69) is 64.9 Å². The standard InChI is InChI=1S/C29H22N2O/c32-26(31-25-10-2-8-23-9-4-18-30-29(23)25)11-3-5-19-12-13-22-15-14-20-6-1-7-21-16-17-24(19)28(22)27(20)21/h1-2,4,6-10,12-18H,3,5,11H2,(H,31,32). The average molecular weight is 415 g/mol. The lowest BCUT2D eigenvalue weighted by atomic mass is 9.90. The molecule has 6 rings (SSSR count). The monoisotopic (exact) mass is 414 g/mol. The first-order valence-electron chi connectivity index (χ1n) is 11.1. The molecule has 0 fully saturated rings. The number of nitrogens with one attached hydrogen (secondary N) is 1.